The third-order valence-corrected chi connectivity index (χ3v) is 3.96. The summed E-state index contributed by atoms with van der Waals surface area (Å²) in [6.45, 7) is 7.67. The summed E-state index contributed by atoms with van der Waals surface area (Å²) in [5.41, 5.74) is 0.773. The van der Waals surface area contributed by atoms with Crippen molar-refractivity contribution in [3.05, 3.63) is 59.2 Å². The first-order chi connectivity index (χ1) is 12.8. The first kappa shape index (κ1) is 20.5. The van der Waals surface area contributed by atoms with E-state index < -0.39 is 11.4 Å². The number of carbonyl (C=O) groups is 2. The Morgan fingerprint density at radius 2 is 1.59 bits per heavy atom. The zero-order valence-electron chi connectivity index (χ0n) is 16.5. The molecule has 0 aliphatic carbocycles. The Balaban J connectivity index is 2.47. The van der Waals surface area contributed by atoms with Crippen molar-refractivity contribution in [3.8, 4) is 11.5 Å². The van der Waals surface area contributed by atoms with Crippen LogP contribution in [-0.2, 0) is 11.3 Å². The summed E-state index contributed by atoms with van der Waals surface area (Å²) in [6.07, 6.45) is 0. The van der Waals surface area contributed by atoms with E-state index in [0.29, 0.717) is 18.1 Å². The number of hydrogen-bond acceptors (Lipinski definition) is 5. The van der Waals surface area contributed by atoms with E-state index in [0.717, 1.165) is 5.56 Å². The second kappa shape index (κ2) is 8.71. The highest BCUT2D eigenvalue weighted by Gasteiger charge is 2.29. The van der Waals surface area contributed by atoms with E-state index in [1.807, 2.05) is 30.3 Å². The van der Waals surface area contributed by atoms with Crippen molar-refractivity contribution in [2.24, 2.45) is 5.41 Å². The second-order valence-electron chi connectivity index (χ2n) is 7.12. The maximum absolute atomic E-state index is 12.9. The molecule has 0 saturated heterocycles. The van der Waals surface area contributed by atoms with Crippen molar-refractivity contribution in [2.75, 3.05) is 13.7 Å². The van der Waals surface area contributed by atoms with Crippen molar-refractivity contribution in [2.45, 2.75) is 34.3 Å². The molecule has 0 amide bonds. The molecule has 0 heterocycles. The molecule has 0 aliphatic heterocycles. The lowest BCUT2D eigenvalue weighted by Crippen LogP contribution is -2.23. The number of rotatable bonds is 7. The third kappa shape index (κ3) is 5.09. The zero-order valence-corrected chi connectivity index (χ0v) is 16.5. The van der Waals surface area contributed by atoms with Crippen molar-refractivity contribution < 1.29 is 23.8 Å². The van der Waals surface area contributed by atoms with Crippen molar-refractivity contribution in [1.29, 1.82) is 0 Å². The van der Waals surface area contributed by atoms with Crippen LogP contribution in [0.15, 0.2) is 42.5 Å². The first-order valence-corrected chi connectivity index (χ1v) is 8.88. The molecule has 5 heteroatoms. The molecule has 0 atom stereocenters. The van der Waals surface area contributed by atoms with Gasteiger partial charge in [-0.15, -0.1) is 0 Å². The lowest BCUT2D eigenvalue weighted by Gasteiger charge is -2.20. The molecule has 2 aromatic rings. The monoisotopic (exact) mass is 370 g/mol. The van der Waals surface area contributed by atoms with E-state index in [4.69, 9.17) is 14.2 Å². The standard InChI is InChI=1S/C22H26O5/c1-6-26-21(24)17-13-18(25-5)19(12-16(17)20(23)22(2,3)4)27-14-15-10-8-7-9-11-15/h7-13H,6,14H2,1-5H3. The van der Waals surface area contributed by atoms with Gasteiger partial charge in [0, 0.05) is 11.0 Å². The van der Waals surface area contributed by atoms with Gasteiger partial charge in [-0.1, -0.05) is 51.1 Å². The van der Waals surface area contributed by atoms with Gasteiger partial charge in [0.1, 0.15) is 6.61 Å². The molecule has 27 heavy (non-hydrogen) atoms. The normalized spacial score (nSPS) is 11.0. The van der Waals surface area contributed by atoms with Crippen molar-refractivity contribution >= 4 is 11.8 Å². The summed E-state index contributed by atoms with van der Waals surface area (Å²) in [5.74, 6) is 0.0530. The number of carbonyl (C=O) groups excluding carboxylic acids is 2. The Morgan fingerprint density at radius 1 is 0.963 bits per heavy atom. The highest BCUT2D eigenvalue weighted by atomic mass is 16.5. The fraction of sp³-hybridized carbons (Fsp3) is 0.364. The van der Waals surface area contributed by atoms with Gasteiger partial charge in [-0.2, -0.15) is 0 Å². The summed E-state index contributed by atoms with van der Waals surface area (Å²) in [7, 11) is 1.49. The Morgan fingerprint density at radius 3 is 2.15 bits per heavy atom. The lowest BCUT2D eigenvalue weighted by atomic mass is 9.84. The van der Waals surface area contributed by atoms with Gasteiger partial charge in [0.2, 0.25) is 0 Å². The molecule has 2 rings (SSSR count). The molecule has 0 radical (unpaired) electrons. The minimum absolute atomic E-state index is 0.169. The van der Waals surface area contributed by atoms with Gasteiger partial charge < -0.3 is 14.2 Å². The van der Waals surface area contributed by atoms with Gasteiger partial charge in [-0.05, 0) is 24.6 Å². The second-order valence-corrected chi connectivity index (χ2v) is 7.12. The van der Waals surface area contributed by atoms with Crippen LogP contribution in [0.4, 0.5) is 0 Å². The lowest BCUT2D eigenvalue weighted by molar-refractivity contribution is 0.0521. The molecule has 0 aromatic heterocycles. The van der Waals surface area contributed by atoms with E-state index in [2.05, 4.69) is 0 Å². The topological polar surface area (TPSA) is 61.8 Å². The molecule has 0 aliphatic rings. The summed E-state index contributed by atoms with van der Waals surface area (Å²) in [4.78, 5) is 25.3. The summed E-state index contributed by atoms with van der Waals surface area (Å²) in [6, 6.07) is 12.8. The van der Waals surface area contributed by atoms with Gasteiger partial charge in [0.25, 0.3) is 0 Å². The molecular formula is C22H26O5. The van der Waals surface area contributed by atoms with Gasteiger partial charge in [0.15, 0.2) is 17.3 Å². The number of ketones is 1. The van der Waals surface area contributed by atoms with E-state index in [1.54, 1.807) is 33.8 Å². The average molecular weight is 370 g/mol. The zero-order chi connectivity index (χ0) is 20.0. The maximum atomic E-state index is 12.9. The van der Waals surface area contributed by atoms with Crippen LogP contribution < -0.4 is 9.47 Å². The SMILES string of the molecule is CCOC(=O)c1cc(OC)c(OCc2ccccc2)cc1C(=O)C(C)(C)C. The number of methoxy groups -OCH3 is 1. The van der Waals surface area contributed by atoms with E-state index in [9.17, 15) is 9.59 Å². The fourth-order valence-corrected chi connectivity index (χ4v) is 2.54. The molecule has 0 spiro atoms. The molecule has 0 saturated carbocycles. The van der Waals surface area contributed by atoms with E-state index >= 15 is 0 Å². The number of ether oxygens (including phenoxy) is 3. The smallest absolute Gasteiger partial charge is 0.338 e. The Hall–Kier alpha value is -2.82. The van der Waals surface area contributed by atoms with Crippen LogP contribution in [0.3, 0.4) is 0 Å². The minimum Gasteiger partial charge on any atom is -0.493 e. The van der Waals surface area contributed by atoms with Gasteiger partial charge in [0.05, 0.1) is 19.3 Å². The van der Waals surface area contributed by atoms with Crippen LogP contribution in [0.1, 0.15) is 54.0 Å². The van der Waals surface area contributed by atoms with E-state index in [-0.39, 0.29) is 23.5 Å². The highest BCUT2D eigenvalue weighted by molar-refractivity contribution is 6.09. The molecule has 144 valence electrons. The van der Waals surface area contributed by atoms with Gasteiger partial charge >= 0.3 is 5.97 Å². The Kier molecular flexibility index (Phi) is 6.61. The molecule has 5 nitrogen and oxygen atoms in total. The quantitative estimate of drug-likeness (QED) is 0.523. The predicted molar refractivity (Wildman–Crippen MR) is 104 cm³/mol. The maximum Gasteiger partial charge on any atom is 0.338 e. The average Bonchev–Trinajstić information content (AvgIpc) is 2.65. The minimum atomic E-state index is -0.660. The van der Waals surface area contributed by atoms with Gasteiger partial charge in [-0.3, -0.25) is 4.79 Å². The van der Waals surface area contributed by atoms with Crippen LogP contribution in [0, 0.1) is 5.41 Å². The molecule has 0 unspecified atom stereocenters. The van der Waals surface area contributed by atoms with Crippen LogP contribution >= 0.6 is 0 Å². The number of esters is 1. The van der Waals surface area contributed by atoms with Crippen LogP contribution in [-0.4, -0.2) is 25.5 Å². The van der Waals surface area contributed by atoms with Gasteiger partial charge in [-0.25, -0.2) is 4.79 Å². The van der Waals surface area contributed by atoms with Crippen LogP contribution in [0.25, 0.3) is 0 Å². The van der Waals surface area contributed by atoms with Crippen LogP contribution in [0.5, 0.6) is 11.5 Å². The molecule has 0 N–H and O–H groups in total. The fourth-order valence-electron chi connectivity index (χ4n) is 2.54. The molecule has 2 aromatic carbocycles. The van der Waals surface area contributed by atoms with E-state index in [1.165, 1.54) is 13.2 Å². The van der Waals surface area contributed by atoms with Crippen molar-refractivity contribution in [3.63, 3.8) is 0 Å². The third-order valence-electron chi connectivity index (χ3n) is 3.96. The Bertz CT molecular complexity index is 803. The number of Topliss-reactive ketones (excluding diaryl/α,β-unsaturated/α-hetero) is 1. The number of benzene rings is 2. The van der Waals surface area contributed by atoms with Crippen molar-refractivity contribution in [1.82, 2.24) is 0 Å². The summed E-state index contributed by atoms with van der Waals surface area (Å²) >= 11 is 0. The first-order valence-electron chi connectivity index (χ1n) is 8.88. The van der Waals surface area contributed by atoms with Crippen LogP contribution in [0.2, 0.25) is 0 Å². The molecule has 0 bridgehead atoms. The highest BCUT2D eigenvalue weighted by Crippen LogP contribution is 2.34. The number of hydrogen-bond donors (Lipinski definition) is 0. The summed E-state index contributed by atoms with van der Waals surface area (Å²) < 4.78 is 16.4. The Labute approximate surface area is 160 Å². The predicted octanol–water partition coefficient (Wildman–Crippen LogP) is 4.68. The largest absolute Gasteiger partial charge is 0.493 e. The summed E-state index contributed by atoms with van der Waals surface area (Å²) in [5, 5.41) is 0. The molecule has 0 fully saturated rings. The molecular weight excluding hydrogens is 344 g/mol.